The van der Waals surface area contributed by atoms with Gasteiger partial charge in [0, 0.05) is 49.5 Å². The monoisotopic (exact) mass is 409 g/mol. The van der Waals surface area contributed by atoms with Crippen molar-refractivity contribution in [1.82, 2.24) is 19.3 Å². The Labute approximate surface area is 174 Å². The number of rotatable bonds is 6. The van der Waals surface area contributed by atoms with Crippen LogP contribution in [0.4, 0.5) is 10.1 Å². The number of likely N-dealkylation sites (tertiary alicyclic amines) is 1. The Hall–Kier alpha value is -3.00. The summed E-state index contributed by atoms with van der Waals surface area (Å²) in [4.78, 5) is 24.9. The van der Waals surface area contributed by atoms with E-state index in [0.29, 0.717) is 38.4 Å². The maximum Gasteiger partial charge on any atom is 0.225 e. The number of imidazole rings is 1. The number of fused-ring (bicyclic) bond motifs is 3. The first-order valence-electron chi connectivity index (χ1n) is 10.3. The molecule has 0 saturated carbocycles. The van der Waals surface area contributed by atoms with Crippen LogP contribution in [0, 0.1) is 5.82 Å². The molecule has 0 N–H and O–H groups in total. The number of hydrogen-bond acceptors (Lipinski definition) is 5. The summed E-state index contributed by atoms with van der Waals surface area (Å²) >= 11 is 0. The van der Waals surface area contributed by atoms with Gasteiger partial charge in [0.15, 0.2) is 5.82 Å². The molecule has 156 valence electrons. The first-order chi connectivity index (χ1) is 14.7. The van der Waals surface area contributed by atoms with E-state index in [1.54, 1.807) is 18.5 Å². The van der Waals surface area contributed by atoms with E-state index in [4.69, 9.17) is 4.74 Å². The van der Waals surface area contributed by atoms with Gasteiger partial charge in [0.1, 0.15) is 5.65 Å². The molecule has 0 aliphatic carbocycles. The normalized spacial score (nSPS) is 20.8. The fourth-order valence-electron chi connectivity index (χ4n) is 4.70. The van der Waals surface area contributed by atoms with Crippen molar-refractivity contribution in [2.45, 2.75) is 38.0 Å². The average Bonchev–Trinajstić information content (AvgIpc) is 3.33. The van der Waals surface area contributed by atoms with E-state index in [9.17, 15) is 9.18 Å². The molecule has 3 aromatic rings. The van der Waals surface area contributed by atoms with E-state index >= 15 is 0 Å². The summed E-state index contributed by atoms with van der Waals surface area (Å²) in [6.07, 6.45) is 8.84. The Morgan fingerprint density at radius 1 is 1.17 bits per heavy atom. The molecule has 5 rings (SSSR count). The lowest BCUT2D eigenvalue weighted by Crippen LogP contribution is -2.55. The van der Waals surface area contributed by atoms with Crippen molar-refractivity contribution < 1.29 is 13.9 Å². The third-order valence-electron chi connectivity index (χ3n) is 6.09. The summed E-state index contributed by atoms with van der Waals surface area (Å²) in [6, 6.07) is 7.93. The van der Waals surface area contributed by atoms with Gasteiger partial charge in [-0.15, -0.1) is 0 Å². The molecule has 2 bridgehead atoms. The van der Waals surface area contributed by atoms with Crippen LogP contribution >= 0.6 is 0 Å². The number of nitrogens with zero attached hydrogens (tertiary/aromatic N) is 5. The van der Waals surface area contributed by atoms with Crippen LogP contribution in [0.2, 0.25) is 0 Å². The number of ether oxygens (including phenoxy) is 1. The van der Waals surface area contributed by atoms with Crippen molar-refractivity contribution in [1.29, 1.82) is 0 Å². The number of anilines is 1. The smallest absolute Gasteiger partial charge is 0.225 e. The molecule has 3 aromatic heterocycles. The number of carbonyl (C=O) groups is 1. The van der Waals surface area contributed by atoms with Crippen molar-refractivity contribution >= 4 is 17.2 Å². The third kappa shape index (κ3) is 3.52. The molecule has 7 nitrogen and oxygen atoms in total. The molecule has 1 amide bonds. The van der Waals surface area contributed by atoms with Crippen LogP contribution in [-0.4, -0.2) is 57.0 Å². The van der Waals surface area contributed by atoms with E-state index in [2.05, 4.69) is 14.9 Å². The SMILES string of the molecule is O=C(CCOCc1cccc2nccn12)N1C[C@H]2CC[C@@H](C1)N2c1ccncc1F. The number of hydrogen-bond donors (Lipinski definition) is 0. The Morgan fingerprint density at radius 3 is 2.80 bits per heavy atom. The summed E-state index contributed by atoms with van der Waals surface area (Å²) in [7, 11) is 0. The highest BCUT2D eigenvalue weighted by Gasteiger charge is 2.42. The second kappa shape index (κ2) is 8.02. The van der Waals surface area contributed by atoms with Gasteiger partial charge < -0.3 is 18.9 Å². The average molecular weight is 409 g/mol. The van der Waals surface area contributed by atoms with Gasteiger partial charge in [0.05, 0.1) is 31.5 Å². The minimum atomic E-state index is -0.296. The first kappa shape index (κ1) is 19.0. The highest BCUT2D eigenvalue weighted by atomic mass is 19.1. The largest absolute Gasteiger partial charge is 0.375 e. The van der Waals surface area contributed by atoms with Crippen molar-refractivity contribution in [3.8, 4) is 0 Å². The molecule has 0 spiro atoms. The summed E-state index contributed by atoms with van der Waals surface area (Å²) < 4.78 is 22.0. The van der Waals surface area contributed by atoms with Gasteiger partial charge in [-0.2, -0.15) is 0 Å². The molecule has 5 heterocycles. The van der Waals surface area contributed by atoms with Crippen LogP contribution in [0.5, 0.6) is 0 Å². The van der Waals surface area contributed by atoms with Crippen LogP contribution in [0.25, 0.3) is 5.65 Å². The van der Waals surface area contributed by atoms with Crippen LogP contribution in [-0.2, 0) is 16.1 Å². The van der Waals surface area contributed by atoms with Gasteiger partial charge in [0.2, 0.25) is 5.91 Å². The minimum Gasteiger partial charge on any atom is -0.375 e. The van der Waals surface area contributed by atoms with Crippen LogP contribution in [0.3, 0.4) is 0 Å². The van der Waals surface area contributed by atoms with Gasteiger partial charge in [-0.3, -0.25) is 9.78 Å². The molecule has 2 saturated heterocycles. The molecule has 0 aromatic carbocycles. The van der Waals surface area contributed by atoms with Gasteiger partial charge in [-0.25, -0.2) is 9.37 Å². The second-order valence-corrected chi connectivity index (χ2v) is 7.89. The van der Waals surface area contributed by atoms with Crippen LogP contribution in [0.1, 0.15) is 25.0 Å². The number of carbonyl (C=O) groups excluding carboxylic acids is 1. The quantitative estimate of drug-likeness (QED) is 0.586. The fourth-order valence-corrected chi connectivity index (χ4v) is 4.70. The third-order valence-corrected chi connectivity index (χ3v) is 6.09. The zero-order chi connectivity index (χ0) is 20.5. The Morgan fingerprint density at radius 2 is 2.00 bits per heavy atom. The summed E-state index contributed by atoms with van der Waals surface area (Å²) in [5.74, 6) is -0.196. The minimum absolute atomic E-state index is 0.0996. The van der Waals surface area contributed by atoms with Crippen LogP contribution in [0.15, 0.2) is 49.1 Å². The van der Waals surface area contributed by atoms with Gasteiger partial charge in [0.25, 0.3) is 0 Å². The lowest BCUT2D eigenvalue weighted by molar-refractivity contribution is -0.133. The Balaban J connectivity index is 1.15. The summed E-state index contributed by atoms with van der Waals surface area (Å²) in [5.41, 5.74) is 2.48. The molecule has 2 fully saturated rings. The van der Waals surface area contributed by atoms with Crippen molar-refractivity contribution in [3.05, 3.63) is 60.6 Å². The van der Waals surface area contributed by atoms with E-state index in [1.165, 1.54) is 6.20 Å². The predicted molar refractivity (Wildman–Crippen MR) is 110 cm³/mol. The molecule has 0 unspecified atom stereocenters. The lowest BCUT2D eigenvalue weighted by atomic mass is 10.1. The standard InChI is InChI=1S/C22H24FN5O2/c23-19-12-24-8-6-20(19)28-16-4-5-17(28)14-26(13-16)22(29)7-11-30-15-18-2-1-3-21-25-9-10-27(18)21/h1-3,6,8-10,12,16-17H,4-5,7,11,13-15H2/t16-,17+. The number of amides is 1. The Kier molecular flexibility index (Phi) is 5.08. The van der Waals surface area contributed by atoms with Crippen molar-refractivity contribution in [2.24, 2.45) is 0 Å². The maximum absolute atomic E-state index is 14.2. The fraction of sp³-hybridized carbons (Fsp3) is 0.409. The number of piperazine rings is 1. The molecule has 2 aliphatic rings. The summed E-state index contributed by atoms with van der Waals surface area (Å²) in [5, 5.41) is 0. The molecule has 2 aliphatic heterocycles. The van der Waals surface area contributed by atoms with Gasteiger partial charge in [-0.1, -0.05) is 6.07 Å². The van der Waals surface area contributed by atoms with Crippen molar-refractivity contribution in [2.75, 3.05) is 24.6 Å². The molecule has 8 heteroatoms. The maximum atomic E-state index is 14.2. The summed E-state index contributed by atoms with van der Waals surface area (Å²) in [6.45, 7) is 2.07. The van der Waals surface area contributed by atoms with Crippen LogP contribution < -0.4 is 4.90 Å². The molecular formula is C22H24FN5O2. The van der Waals surface area contributed by atoms with E-state index < -0.39 is 0 Å². The lowest BCUT2D eigenvalue weighted by Gasteiger charge is -2.42. The zero-order valence-corrected chi connectivity index (χ0v) is 16.7. The zero-order valence-electron chi connectivity index (χ0n) is 16.7. The molecule has 2 atom stereocenters. The molecule has 0 radical (unpaired) electrons. The van der Waals surface area contributed by atoms with E-state index in [0.717, 1.165) is 24.2 Å². The predicted octanol–water partition coefficient (Wildman–Crippen LogP) is 2.65. The van der Waals surface area contributed by atoms with Gasteiger partial charge >= 0.3 is 0 Å². The number of halogens is 1. The molecule has 30 heavy (non-hydrogen) atoms. The van der Waals surface area contributed by atoms with Gasteiger partial charge in [-0.05, 0) is 31.0 Å². The van der Waals surface area contributed by atoms with E-state index in [-0.39, 0.29) is 23.8 Å². The highest BCUT2D eigenvalue weighted by Crippen LogP contribution is 2.36. The highest BCUT2D eigenvalue weighted by molar-refractivity contribution is 5.77. The number of aromatic nitrogens is 3. The Bertz CT molecular complexity index is 1040. The number of pyridine rings is 2. The first-order valence-corrected chi connectivity index (χ1v) is 10.3. The van der Waals surface area contributed by atoms with Crippen molar-refractivity contribution in [3.63, 3.8) is 0 Å². The second-order valence-electron chi connectivity index (χ2n) is 7.89. The molecular weight excluding hydrogens is 385 g/mol. The topological polar surface area (TPSA) is 63.0 Å². The van der Waals surface area contributed by atoms with E-state index in [1.807, 2.05) is 33.7 Å².